The predicted octanol–water partition coefficient (Wildman–Crippen LogP) is 6.41. The molecule has 1 aliphatic rings. The van der Waals surface area contributed by atoms with Gasteiger partial charge in [0.1, 0.15) is 11.9 Å². The van der Waals surface area contributed by atoms with Crippen molar-refractivity contribution in [2.45, 2.75) is 56.5 Å². The molecule has 37 heavy (non-hydrogen) atoms. The topological polar surface area (TPSA) is 49.4 Å². The van der Waals surface area contributed by atoms with E-state index in [4.69, 9.17) is 11.6 Å². The van der Waals surface area contributed by atoms with Gasteiger partial charge in [-0.2, -0.15) is 0 Å². The number of rotatable bonds is 11. The molecule has 0 radical (unpaired) electrons. The molecule has 7 heteroatoms. The van der Waals surface area contributed by atoms with Crippen LogP contribution in [0.2, 0.25) is 5.02 Å². The van der Waals surface area contributed by atoms with Crippen molar-refractivity contribution in [1.29, 1.82) is 0 Å². The molecule has 0 saturated heterocycles. The molecule has 1 atom stereocenters. The van der Waals surface area contributed by atoms with Gasteiger partial charge < -0.3 is 10.2 Å². The normalized spacial score (nSPS) is 14.3. The van der Waals surface area contributed by atoms with Crippen molar-refractivity contribution >= 4 is 35.2 Å². The van der Waals surface area contributed by atoms with Crippen molar-refractivity contribution < 1.29 is 14.0 Å². The van der Waals surface area contributed by atoms with Crippen molar-refractivity contribution in [3.05, 3.63) is 106 Å². The minimum Gasteiger partial charge on any atom is -0.352 e. The fourth-order valence-corrected chi connectivity index (χ4v) is 5.68. The highest BCUT2D eigenvalue weighted by Crippen LogP contribution is 2.22. The summed E-state index contributed by atoms with van der Waals surface area (Å²) in [6, 6.07) is 23.2. The number of hydrogen-bond acceptors (Lipinski definition) is 3. The van der Waals surface area contributed by atoms with E-state index in [1.165, 1.54) is 17.8 Å². The third-order valence-corrected chi connectivity index (χ3v) is 7.90. The van der Waals surface area contributed by atoms with Crippen LogP contribution in [0, 0.1) is 5.82 Å². The van der Waals surface area contributed by atoms with Gasteiger partial charge in [-0.05, 0) is 47.7 Å². The van der Waals surface area contributed by atoms with Crippen LogP contribution in [0.5, 0.6) is 0 Å². The summed E-state index contributed by atoms with van der Waals surface area (Å²) in [6.45, 7) is 0.284. The Bertz CT molecular complexity index is 1170. The Balaban J connectivity index is 1.56. The Morgan fingerprint density at radius 3 is 2.32 bits per heavy atom. The number of carbonyl (C=O) groups is 2. The van der Waals surface area contributed by atoms with Crippen molar-refractivity contribution in [3.8, 4) is 0 Å². The van der Waals surface area contributed by atoms with Gasteiger partial charge in [0, 0.05) is 29.8 Å². The lowest BCUT2D eigenvalue weighted by atomic mass is 10.0. The van der Waals surface area contributed by atoms with E-state index in [0.717, 1.165) is 36.8 Å². The van der Waals surface area contributed by atoms with E-state index >= 15 is 0 Å². The van der Waals surface area contributed by atoms with Gasteiger partial charge >= 0.3 is 0 Å². The molecule has 0 aliphatic heterocycles. The molecule has 1 N–H and O–H groups in total. The largest absolute Gasteiger partial charge is 0.352 e. The lowest BCUT2D eigenvalue weighted by Gasteiger charge is -2.32. The van der Waals surface area contributed by atoms with Crippen LogP contribution in [0.3, 0.4) is 0 Å². The fraction of sp³-hybridized carbons (Fsp3) is 0.333. The number of halogens is 2. The first-order valence-electron chi connectivity index (χ1n) is 12.7. The summed E-state index contributed by atoms with van der Waals surface area (Å²) in [4.78, 5) is 29.0. The van der Waals surface area contributed by atoms with Crippen LogP contribution in [0.4, 0.5) is 4.39 Å². The molecule has 1 saturated carbocycles. The zero-order valence-corrected chi connectivity index (χ0v) is 22.3. The molecule has 0 unspecified atom stereocenters. The van der Waals surface area contributed by atoms with Gasteiger partial charge in [-0.3, -0.25) is 9.59 Å². The molecule has 1 aliphatic carbocycles. The second-order valence-electron chi connectivity index (χ2n) is 9.43. The smallest absolute Gasteiger partial charge is 0.243 e. The first-order chi connectivity index (χ1) is 18.0. The molecule has 194 valence electrons. The highest BCUT2D eigenvalue weighted by atomic mass is 35.5. The molecule has 4 rings (SSSR count). The van der Waals surface area contributed by atoms with Gasteiger partial charge in [-0.25, -0.2) is 4.39 Å². The Morgan fingerprint density at radius 2 is 1.62 bits per heavy atom. The highest BCUT2D eigenvalue weighted by Gasteiger charge is 2.32. The summed E-state index contributed by atoms with van der Waals surface area (Å²) in [6.07, 6.45) is 4.56. The van der Waals surface area contributed by atoms with Crippen molar-refractivity contribution in [3.63, 3.8) is 0 Å². The van der Waals surface area contributed by atoms with Crippen molar-refractivity contribution in [1.82, 2.24) is 10.2 Å². The molecule has 3 aromatic rings. The molecule has 2 amide bonds. The van der Waals surface area contributed by atoms with E-state index in [1.54, 1.807) is 35.2 Å². The third-order valence-electron chi connectivity index (χ3n) is 6.68. The zero-order valence-electron chi connectivity index (χ0n) is 20.7. The quantitative estimate of drug-likeness (QED) is 0.307. The fourth-order valence-electron chi connectivity index (χ4n) is 4.65. The summed E-state index contributed by atoms with van der Waals surface area (Å²) in [7, 11) is 0. The summed E-state index contributed by atoms with van der Waals surface area (Å²) in [5.74, 6) is -0.0382. The number of benzene rings is 3. The van der Waals surface area contributed by atoms with Crippen molar-refractivity contribution in [2.24, 2.45) is 0 Å². The van der Waals surface area contributed by atoms with E-state index < -0.39 is 6.04 Å². The Hall–Kier alpha value is -2.83. The van der Waals surface area contributed by atoms with Gasteiger partial charge in [0.15, 0.2) is 0 Å². The van der Waals surface area contributed by atoms with Gasteiger partial charge in [-0.1, -0.05) is 85.1 Å². The zero-order chi connectivity index (χ0) is 26.0. The average Bonchev–Trinajstić information content (AvgIpc) is 3.42. The van der Waals surface area contributed by atoms with E-state index in [-0.39, 0.29) is 36.0 Å². The van der Waals surface area contributed by atoms with Gasteiger partial charge in [0.2, 0.25) is 11.8 Å². The minimum absolute atomic E-state index is 0.128. The number of nitrogens with zero attached hydrogens (tertiary/aromatic N) is 1. The van der Waals surface area contributed by atoms with Crippen LogP contribution in [-0.2, 0) is 28.3 Å². The number of carbonyl (C=O) groups excluding carboxylic acids is 2. The molecule has 0 heterocycles. The maximum absolute atomic E-state index is 14.1. The van der Waals surface area contributed by atoms with Gasteiger partial charge in [0.25, 0.3) is 0 Å². The maximum Gasteiger partial charge on any atom is 0.243 e. The molecule has 1 fully saturated rings. The summed E-state index contributed by atoms with van der Waals surface area (Å²) < 4.78 is 14.1. The van der Waals surface area contributed by atoms with Crippen LogP contribution < -0.4 is 5.32 Å². The van der Waals surface area contributed by atoms with E-state index in [9.17, 15) is 14.0 Å². The molecule has 4 nitrogen and oxygen atoms in total. The first kappa shape index (κ1) is 27.2. The maximum atomic E-state index is 14.1. The Kier molecular flexibility index (Phi) is 10.0. The van der Waals surface area contributed by atoms with E-state index in [2.05, 4.69) is 5.32 Å². The van der Waals surface area contributed by atoms with Crippen LogP contribution >= 0.6 is 23.4 Å². The van der Waals surface area contributed by atoms with Crippen LogP contribution in [0.1, 0.15) is 42.4 Å². The summed E-state index contributed by atoms with van der Waals surface area (Å²) >= 11 is 7.44. The first-order valence-corrected chi connectivity index (χ1v) is 14.2. The molecule has 3 aromatic carbocycles. The summed E-state index contributed by atoms with van der Waals surface area (Å²) in [5.41, 5.74) is 2.44. The van der Waals surface area contributed by atoms with Crippen LogP contribution in [0.15, 0.2) is 78.9 Å². The van der Waals surface area contributed by atoms with Gasteiger partial charge in [-0.15, -0.1) is 11.8 Å². The lowest BCUT2D eigenvalue weighted by Crippen LogP contribution is -2.52. The standard InChI is InChI=1S/C30H32ClFN2O2S/c31-25-16-14-23(15-17-25)19-34(29(35)21-37-20-24-10-4-7-13-27(24)32)28(18-22-8-2-1-3-9-22)30(36)33-26-11-5-6-12-26/h1-4,7-10,13-17,26,28H,5-6,11-12,18-21H2,(H,33,36)/t28-/m1/s1. The third kappa shape index (κ3) is 8.08. The second kappa shape index (κ2) is 13.6. The highest BCUT2D eigenvalue weighted by molar-refractivity contribution is 7.99. The average molecular weight is 539 g/mol. The Labute approximate surface area is 227 Å². The second-order valence-corrected chi connectivity index (χ2v) is 10.8. The lowest BCUT2D eigenvalue weighted by molar-refractivity contribution is -0.139. The molecular formula is C30H32ClFN2O2S. The van der Waals surface area contributed by atoms with Crippen molar-refractivity contribution in [2.75, 3.05) is 5.75 Å². The molecular weight excluding hydrogens is 507 g/mol. The van der Waals surface area contributed by atoms with Crippen LogP contribution in [0.25, 0.3) is 0 Å². The predicted molar refractivity (Wildman–Crippen MR) is 149 cm³/mol. The number of nitrogens with one attached hydrogen (secondary N) is 1. The molecule has 0 bridgehead atoms. The number of amides is 2. The monoisotopic (exact) mass is 538 g/mol. The minimum atomic E-state index is -0.666. The Morgan fingerprint density at radius 1 is 0.946 bits per heavy atom. The number of thioether (sulfide) groups is 1. The van der Waals surface area contributed by atoms with Crippen LogP contribution in [-0.4, -0.2) is 34.6 Å². The van der Waals surface area contributed by atoms with Gasteiger partial charge in [0.05, 0.1) is 5.75 Å². The number of hydrogen-bond donors (Lipinski definition) is 1. The van der Waals surface area contributed by atoms with E-state index in [1.807, 2.05) is 42.5 Å². The SMILES string of the molecule is O=C(NC1CCCC1)[C@@H](Cc1ccccc1)N(Cc1ccc(Cl)cc1)C(=O)CSCc1ccccc1F. The summed E-state index contributed by atoms with van der Waals surface area (Å²) in [5, 5.41) is 3.82. The van der Waals surface area contributed by atoms with E-state index in [0.29, 0.717) is 22.8 Å². The molecule has 0 spiro atoms. The molecule has 0 aromatic heterocycles.